The van der Waals surface area contributed by atoms with Crippen LogP contribution in [0.25, 0.3) is 16.8 Å². The molecule has 9 nitrogen and oxygen atoms in total. The fourth-order valence-electron chi connectivity index (χ4n) is 4.31. The Labute approximate surface area is 200 Å². The molecule has 172 valence electrons. The van der Waals surface area contributed by atoms with E-state index in [1.54, 1.807) is 34.1 Å². The van der Waals surface area contributed by atoms with Crippen LogP contribution in [0.5, 0.6) is 0 Å². The summed E-state index contributed by atoms with van der Waals surface area (Å²) < 4.78 is 6.96. The standard InChI is InChI=1S/C26H20N6O3/c33-25(30-21-2-1-3-22(12-21)32-15-27-14-29-32)18-5-4-17-8-9-31(13-20(17)10-18)26(34)19-6-7-23-24(11-19)35-16-28-23/h1-7,10-12,14-16H,8-9,13H2,(H,30,33). The van der Waals surface area contributed by atoms with E-state index < -0.39 is 0 Å². The van der Waals surface area contributed by atoms with E-state index in [1.165, 1.54) is 12.7 Å². The number of aromatic nitrogens is 4. The van der Waals surface area contributed by atoms with Gasteiger partial charge in [0, 0.05) is 29.9 Å². The Bertz CT molecular complexity index is 1560. The number of hydrogen-bond acceptors (Lipinski definition) is 6. The summed E-state index contributed by atoms with van der Waals surface area (Å²) in [5.41, 5.74) is 5.95. The topological polar surface area (TPSA) is 106 Å². The molecule has 0 atom stereocenters. The van der Waals surface area contributed by atoms with Gasteiger partial charge in [0.1, 0.15) is 18.2 Å². The average molecular weight is 464 g/mol. The molecule has 0 spiro atoms. The molecule has 1 N–H and O–H groups in total. The van der Waals surface area contributed by atoms with Gasteiger partial charge in [0.05, 0.1) is 5.69 Å². The zero-order valence-corrected chi connectivity index (χ0v) is 18.6. The van der Waals surface area contributed by atoms with Crippen LogP contribution in [-0.2, 0) is 13.0 Å². The molecule has 1 aliphatic rings. The summed E-state index contributed by atoms with van der Waals surface area (Å²) in [5.74, 6) is -0.295. The fourth-order valence-corrected chi connectivity index (χ4v) is 4.31. The van der Waals surface area contributed by atoms with Crippen molar-refractivity contribution in [1.29, 1.82) is 0 Å². The van der Waals surface area contributed by atoms with Crippen molar-refractivity contribution in [3.8, 4) is 5.69 Å². The zero-order valence-electron chi connectivity index (χ0n) is 18.6. The number of carbonyl (C=O) groups excluding carboxylic acids is 2. The monoisotopic (exact) mass is 464 g/mol. The molecule has 3 aromatic carbocycles. The van der Waals surface area contributed by atoms with E-state index in [4.69, 9.17) is 4.42 Å². The first-order valence-electron chi connectivity index (χ1n) is 11.1. The third-order valence-corrected chi connectivity index (χ3v) is 6.13. The van der Waals surface area contributed by atoms with Gasteiger partial charge in [-0.15, -0.1) is 0 Å². The first-order chi connectivity index (χ1) is 17.1. The van der Waals surface area contributed by atoms with E-state index in [-0.39, 0.29) is 11.8 Å². The van der Waals surface area contributed by atoms with Crippen molar-refractivity contribution < 1.29 is 14.0 Å². The smallest absolute Gasteiger partial charge is 0.255 e. The normalized spacial score (nSPS) is 13.0. The van der Waals surface area contributed by atoms with Crippen LogP contribution < -0.4 is 5.32 Å². The summed E-state index contributed by atoms with van der Waals surface area (Å²) in [6, 6.07) is 18.3. The Hall–Kier alpha value is -4.79. The molecule has 0 unspecified atom stereocenters. The molecule has 9 heteroatoms. The van der Waals surface area contributed by atoms with Crippen molar-refractivity contribution in [2.24, 2.45) is 0 Å². The van der Waals surface area contributed by atoms with Gasteiger partial charge in [-0.25, -0.2) is 14.6 Å². The van der Waals surface area contributed by atoms with Gasteiger partial charge in [0.2, 0.25) is 0 Å². The van der Waals surface area contributed by atoms with Crippen LogP contribution in [-0.4, -0.2) is 43.0 Å². The molecule has 35 heavy (non-hydrogen) atoms. The van der Waals surface area contributed by atoms with Crippen molar-refractivity contribution in [3.63, 3.8) is 0 Å². The summed E-state index contributed by atoms with van der Waals surface area (Å²) in [6.45, 7) is 1.05. The number of fused-ring (bicyclic) bond motifs is 2. The third kappa shape index (κ3) is 4.04. The minimum Gasteiger partial charge on any atom is -0.443 e. The SMILES string of the molecule is O=C(Nc1cccc(-n2cncn2)c1)c1ccc2c(c1)CN(C(=O)c1ccc3ncoc3c1)CC2. The Morgan fingerprint density at radius 1 is 0.971 bits per heavy atom. The largest absolute Gasteiger partial charge is 0.443 e. The summed E-state index contributed by atoms with van der Waals surface area (Å²) in [7, 11) is 0. The molecular weight excluding hydrogens is 444 g/mol. The van der Waals surface area contributed by atoms with E-state index in [1.807, 2.05) is 42.5 Å². The van der Waals surface area contributed by atoms with E-state index >= 15 is 0 Å². The van der Waals surface area contributed by atoms with Gasteiger partial charge in [-0.05, 0) is 66.1 Å². The highest BCUT2D eigenvalue weighted by atomic mass is 16.3. The van der Waals surface area contributed by atoms with Gasteiger partial charge in [-0.2, -0.15) is 5.10 Å². The maximum atomic E-state index is 13.1. The van der Waals surface area contributed by atoms with Gasteiger partial charge < -0.3 is 14.6 Å². The summed E-state index contributed by atoms with van der Waals surface area (Å²) in [6.07, 6.45) is 5.15. The minimum absolute atomic E-state index is 0.0752. The molecule has 0 fully saturated rings. The number of nitrogens with zero attached hydrogens (tertiary/aromatic N) is 5. The summed E-state index contributed by atoms with van der Waals surface area (Å²) >= 11 is 0. The molecule has 3 heterocycles. The Kier molecular flexibility index (Phi) is 5.07. The number of rotatable bonds is 4. The molecule has 2 aromatic heterocycles. The molecule has 1 aliphatic heterocycles. The zero-order chi connectivity index (χ0) is 23.8. The minimum atomic E-state index is -0.220. The second-order valence-electron chi connectivity index (χ2n) is 8.34. The third-order valence-electron chi connectivity index (χ3n) is 6.13. The number of amides is 2. The van der Waals surface area contributed by atoms with Gasteiger partial charge in [0.15, 0.2) is 12.0 Å². The van der Waals surface area contributed by atoms with E-state index in [0.717, 1.165) is 23.2 Å². The highest BCUT2D eigenvalue weighted by Gasteiger charge is 2.23. The maximum absolute atomic E-state index is 13.1. The summed E-state index contributed by atoms with van der Waals surface area (Å²) in [5, 5.41) is 7.07. The van der Waals surface area contributed by atoms with Crippen LogP contribution >= 0.6 is 0 Å². The van der Waals surface area contributed by atoms with Crippen molar-refractivity contribution in [1.82, 2.24) is 24.6 Å². The van der Waals surface area contributed by atoms with Crippen LogP contribution in [0.4, 0.5) is 5.69 Å². The Morgan fingerprint density at radius 2 is 1.89 bits per heavy atom. The molecule has 0 radical (unpaired) electrons. The first kappa shape index (κ1) is 20.8. The van der Waals surface area contributed by atoms with Crippen LogP contribution in [0, 0.1) is 0 Å². The molecule has 0 saturated carbocycles. The lowest BCUT2D eigenvalue weighted by Crippen LogP contribution is -2.36. The van der Waals surface area contributed by atoms with Gasteiger partial charge in [-0.1, -0.05) is 12.1 Å². The highest BCUT2D eigenvalue weighted by Crippen LogP contribution is 2.24. The lowest BCUT2D eigenvalue weighted by molar-refractivity contribution is 0.0734. The molecule has 5 aromatic rings. The van der Waals surface area contributed by atoms with Crippen LogP contribution in [0.15, 0.2) is 84.1 Å². The second kappa shape index (κ2) is 8.53. The van der Waals surface area contributed by atoms with Crippen molar-refractivity contribution >= 4 is 28.6 Å². The number of carbonyl (C=O) groups is 2. The number of oxazole rings is 1. The number of hydrogen-bond donors (Lipinski definition) is 1. The predicted molar refractivity (Wildman–Crippen MR) is 128 cm³/mol. The van der Waals surface area contributed by atoms with Crippen molar-refractivity contribution in [2.45, 2.75) is 13.0 Å². The Morgan fingerprint density at radius 3 is 2.77 bits per heavy atom. The molecule has 2 amide bonds. The van der Waals surface area contributed by atoms with Crippen LogP contribution in [0.3, 0.4) is 0 Å². The highest BCUT2D eigenvalue weighted by molar-refractivity contribution is 6.04. The van der Waals surface area contributed by atoms with Gasteiger partial charge >= 0.3 is 0 Å². The Balaban J connectivity index is 1.19. The lowest BCUT2D eigenvalue weighted by Gasteiger charge is -2.29. The summed E-state index contributed by atoms with van der Waals surface area (Å²) in [4.78, 5) is 36.0. The molecule has 0 bridgehead atoms. The molecule has 0 saturated heterocycles. The fraction of sp³-hybridized carbons (Fsp3) is 0.115. The van der Waals surface area contributed by atoms with E-state index in [2.05, 4.69) is 20.4 Å². The van der Waals surface area contributed by atoms with Crippen LogP contribution in [0.1, 0.15) is 31.8 Å². The van der Waals surface area contributed by atoms with Gasteiger partial charge in [-0.3, -0.25) is 9.59 Å². The second-order valence-corrected chi connectivity index (χ2v) is 8.34. The average Bonchev–Trinajstić information content (AvgIpc) is 3.60. The number of nitrogens with one attached hydrogen (secondary N) is 1. The molecule has 0 aliphatic carbocycles. The molecular formula is C26H20N6O3. The quantitative estimate of drug-likeness (QED) is 0.433. The number of anilines is 1. The van der Waals surface area contributed by atoms with Crippen molar-refractivity contribution in [2.75, 3.05) is 11.9 Å². The first-order valence-corrected chi connectivity index (χ1v) is 11.1. The van der Waals surface area contributed by atoms with Crippen LogP contribution in [0.2, 0.25) is 0 Å². The van der Waals surface area contributed by atoms with Crippen molar-refractivity contribution in [3.05, 3.63) is 102 Å². The number of benzene rings is 3. The molecule has 6 rings (SSSR count). The van der Waals surface area contributed by atoms with E-state index in [9.17, 15) is 9.59 Å². The lowest BCUT2D eigenvalue weighted by atomic mass is 9.96. The predicted octanol–water partition coefficient (Wildman–Crippen LogP) is 3.86. The van der Waals surface area contributed by atoms with E-state index in [0.29, 0.717) is 41.0 Å². The maximum Gasteiger partial charge on any atom is 0.255 e. The van der Waals surface area contributed by atoms with Gasteiger partial charge in [0.25, 0.3) is 11.8 Å².